The molecule has 7 heteroatoms. The molecule has 0 spiro atoms. The number of hydrogen-bond acceptors (Lipinski definition) is 5. The van der Waals surface area contributed by atoms with Crippen LogP contribution in [-0.4, -0.2) is 8.42 Å². The van der Waals surface area contributed by atoms with Crippen LogP contribution in [0, 0.1) is 29.2 Å². The molecule has 0 aromatic heterocycles. The first-order chi connectivity index (χ1) is 11.5. The number of hydrogen-bond donors (Lipinski definition) is 0. The molecule has 2 aromatic carbocycles. The monoisotopic (exact) mass is 335 g/mol. The summed E-state index contributed by atoms with van der Waals surface area (Å²) in [5, 5.41) is 17.5. The van der Waals surface area contributed by atoms with Gasteiger partial charge in [0.1, 0.15) is 28.4 Å². The minimum Gasteiger partial charge on any atom is -0.379 e. The van der Waals surface area contributed by atoms with Crippen molar-refractivity contribution in [3.05, 3.63) is 71.1 Å². The molecule has 0 atom stereocenters. The van der Waals surface area contributed by atoms with Crippen molar-refractivity contribution in [2.75, 3.05) is 0 Å². The van der Waals surface area contributed by atoms with Gasteiger partial charge in [-0.1, -0.05) is 24.3 Å². The highest BCUT2D eigenvalue weighted by Crippen LogP contribution is 2.23. The van der Waals surface area contributed by atoms with Gasteiger partial charge in [0.2, 0.25) is 0 Å². The van der Waals surface area contributed by atoms with E-state index in [0.717, 1.165) is 0 Å². The summed E-state index contributed by atoms with van der Waals surface area (Å²) in [4.78, 5) is 3.10. The maximum atomic E-state index is 12.3. The third kappa shape index (κ3) is 3.98. The summed E-state index contributed by atoms with van der Waals surface area (Å²) in [6.07, 6.45) is 1.28. The molecule has 0 N–H and O–H groups in total. The van der Waals surface area contributed by atoms with Crippen molar-refractivity contribution in [2.45, 2.75) is 4.90 Å². The summed E-state index contributed by atoms with van der Waals surface area (Å²) in [6, 6.07) is 14.8. The van der Waals surface area contributed by atoms with Gasteiger partial charge in [-0.3, -0.25) is 0 Å². The van der Waals surface area contributed by atoms with Gasteiger partial charge in [0.15, 0.2) is 5.69 Å². The molecule has 2 rings (SSSR count). The molecule has 0 aliphatic heterocycles. The Morgan fingerprint density at radius 3 is 2.38 bits per heavy atom. The van der Waals surface area contributed by atoms with Gasteiger partial charge in [0, 0.05) is 0 Å². The van der Waals surface area contributed by atoms with Crippen LogP contribution in [0.1, 0.15) is 5.56 Å². The van der Waals surface area contributed by atoms with Crippen LogP contribution < -0.4 is 4.18 Å². The van der Waals surface area contributed by atoms with Crippen molar-refractivity contribution in [2.24, 2.45) is 0 Å². The lowest BCUT2D eigenvalue weighted by molar-refractivity contribution is 0.486. The van der Waals surface area contributed by atoms with Gasteiger partial charge in [-0.2, -0.15) is 18.9 Å². The number of allylic oxidation sites excluding steroid dienone is 1. The van der Waals surface area contributed by atoms with E-state index in [9.17, 15) is 8.42 Å². The molecular weight excluding hydrogens is 326 g/mol. The Balaban J connectivity index is 2.33. The highest BCUT2D eigenvalue weighted by Gasteiger charge is 2.17. The molecule has 0 fully saturated rings. The Hall–Kier alpha value is -3.60. The smallest absolute Gasteiger partial charge is 0.339 e. The van der Waals surface area contributed by atoms with Crippen LogP contribution in [0.15, 0.2) is 59.0 Å². The minimum absolute atomic E-state index is 0.0816. The topological polar surface area (TPSA) is 95.3 Å². The van der Waals surface area contributed by atoms with Crippen LogP contribution >= 0.6 is 0 Å². The first-order valence-electron chi connectivity index (χ1n) is 6.52. The summed E-state index contributed by atoms with van der Waals surface area (Å²) in [5.74, 6) is 0.0816. The fourth-order valence-corrected chi connectivity index (χ4v) is 2.75. The Bertz CT molecular complexity index is 1000. The van der Waals surface area contributed by atoms with E-state index >= 15 is 0 Å². The van der Waals surface area contributed by atoms with Crippen molar-refractivity contribution in [1.82, 2.24) is 0 Å². The normalized spacial score (nSPS) is 9.88. The van der Waals surface area contributed by atoms with Gasteiger partial charge in [-0.25, -0.2) is 4.85 Å². The van der Waals surface area contributed by atoms with E-state index in [1.54, 1.807) is 18.2 Å². The Morgan fingerprint density at radius 2 is 1.79 bits per heavy atom. The van der Waals surface area contributed by atoms with Gasteiger partial charge in [-0.15, -0.1) is 0 Å². The Labute approximate surface area is 139 Å². The molecule has 2 aromatic rings. The number of benzene rings is 2. The molecule has 0 bridgehead atoms. The average Bonchev–Trinajstić information content (AvgIpc) is 2.60. The summed E-state index contributed by atoms with van der Waals surface area (Å²) in [5.41, 5.74) is 0.619. The molecule has 0 unspecified atom stereocenters. The van der Waals surface area contributed by atoms with Crippen LogP contribution in [0.25, 0.3) is 10.9 Å². The predicted molar refractivity (Wildman–Crippen MR) is 86.2 cm³/mol. The van der Waals surface area contributed by atoms with Gasteiger partial charge in [0.05, 0.1) is 6.57 Å². The zero-order chi connectivity index (χ0) is 17.6. The summed E-state index contributed by atoms with van der Waals surface area (Å²) in [7, 11) is -4.08. The lowest BCUT2D eigenvalue weighted by Gasteiger charge is -2.07. The third-order valence-corrected chi connectivity index (χ3v) is 4.11. The molecule has 0 aliphatic carbocycles. The Kier molecular flexibility index (Phi) is 4.96. The van der Waals surface area contributed by atoms with Crippen LogP contribution in [0.3, 0.4) is 0 Å². The zero-order valence-electron chi connectivity index (χ0n) is 12.2. The quantitative estimate of drug-likeness (QED) is 0.484. The molecule has 0 aliphatic rings. The first kappa shape index (κ1) is 16.8. The predicted octanol–water partition coefficient (Wildman–Crippen LogP) is 3.44. The van der Waals surface area contributed by atoms with Gasteiger partial charge >= 0.3 is 10.1 Å². The molecular formula is C17H9N3O3S. The Morgan fingerprint density at radius 1 is 1.12 bits per heavy atom. The van der Waals surface area contributed by atoms with E-state index in [1.165, 1.54) is 48.5 Å². The fraction of sp³-hybridized carbons (Fsp3) is 0. The van der Waals surface area contributed by atoms with Gasteiger partial charge < -0.3 is 4.18 Å². The molecule has 116 valence electrons. The lowest BCUT2D eigenvalue weighted by atomic mass is 10.1. The molecule has 0 saturated carbocycles. The average molecular weight is 335 g/mol. The second kappa shape index (κ2) is 7.11. The summed E-state index contributed by atoms with van der Waals surface area (Å²) >= 11 is 0. The lowest BCUT2D eigenvalue weighted by Crippen LogP contribution is -2.09. The number of nitrogens with zero attached hydrogens (tertiary/aromatic N) is 3. The zero-order valence-corrected chi connectivity index (χ0v) is 13.0. The molecule has 24 heavy (non-hydrogen) atoms. The fourth-order valence-electron chi connectivity index (χ4n) is 1.77. The summed E-state index contributed by atoms with van der Waals surface area (Å²) in [6.45, 7) is 6.85. The van der Waals surface area contributed by atoms with Crippen LogP contribution in [0.4, 0.5) is 5.69 Å². The number of rotatable bonds is 4. The highest BCUT2D eigenvalue weighted by molar-refractivity contribution is 7.87. The van der Waals surface area contributed by atoms with Crippen LogP contribution in [-0.2, 0) is 10.1 Å². The van der Waals surface area contributed by atoms with Crippen molar-refractivity contribution < 1.29 is 12.6 Å². The molecule has 0 radical (unpaired) electrons. The van der Waals surface area contributed by atoms with Gasteiger partial charge in [0.25, 0.3) is 0 Å². The van der Waals surface area contributed by atoms with E-state index in [2.05, 4.69) is 4.85 Å². The van der Waals surface area contributed by atoms with Crippen molar-refractivity contribution in [1.29, 1.82) is 10.5 Å². The molecule has 0 saturated heterocycles. The minimum atomic E-state index is -4.08. The van der Waals surface area contributed by atoms with Crippen molar-refractivity contribution in [3.63, 3.8) is 0 Å². The molecule has 0 heterocycles. The van der Waals surface area contributed by atoms with Gasteiger partial charge in [-0.05, 0) is 35.9 Å². The van der Waals surface area contributed by atoms with Crippen LogP contribution in [0.2, 0.25) is 0 Å². The standard InChI is InChI=1S/C17H9N3O3S/c1-20-15-5-7-16(8-6-15)23-24(21,22)17-4-2-3-13(10-17)9-14(11-18)12-19/h2-10H. The maximum Gasteiger partial charge on any atom is 0.339 e. The molecule has 6 nitrogen and oxygen atoms in total. The van der Waals surface area contributed by atoms with Crippen molar-refractivity contribution in [3.8, 4) is 17.9 Å². The maximum absolute atomic E-state index is 12.3. The largest absolute Gasteiger partial charge is 0.379 e. The number of nitriles is 2. The first-order valence-corrected chi connectivity index (χ1v) is 7.93. The highest BCUT2D eigenvalue weighted by atomic mass is 32.2. The second-order valence-corrected chi connectivity index (χ2v) is 6.04. The van der Waals surface area contributed by atoms with E-state index in [-0.39, 0.29) is 16.2 Å². The third-order valence-electron chi connectivity index (χ3n) is 2.87. The van der Waals surface area contributed by atoms with E-state index < -0.39 is 10.1 Å². The SMILES string of the molecule is [C-]#[N+]c1ccc(OS(=O)(=O)c2cccc(C=C(C#N)C#N)c2)cc1. The van der Waals surface area contributed by atoms with Crippen molar-refractivity contribution >= 4 is 21.9 Å². The van der Waals surface area contributed by atoms with E-state index in [0.29, 0.717) is 11.3 Å². The van der Waals surface area contributed by atoms with Crippen LogP contribution in [0.5, 0.6) is 5.75 Å². The summed E-state index contributed by atoms with van der Waals surface area (Å²) < 4.78 is 29.6. The second-order valence-electron chi connectivity index (χ2n) is 4.50. The molecule has 0 amide bonds. The van der Waals surface area contributed by atoms with E-state index in [4.69, 9.17) is 21.3 Å². The van der Waals surface area contributed by atoms with E-state index in [1.807, 2.05) is 0 Å².